The van der Waals surface area contributed by atoms with Gasteiger partial charge in [0.05, 0.1) is 20.0 Å². The van der Waals surface area contributed by atoms with Crippen molar-refractivity contribution < 1.29 is 14.3 Å². The molecule has 0 atom stereocenters. The van der Waals surface area contributed by atoms with Gasteiger partial charge >= 0.3 is 0 Å². The van der Waals surface area contributed by atoms with E-state index in [9.17, 15) is 4.79 Å². The fraction of sp³-hybridized carbons (Fsp3) is 0.316. The van der Waals surface area contributed by atoms with Crippen LogP contribution in [0.1, 0.15) is 11.1 Å². The summed E-state index contributed by atoms with van der Waals surface area (Å²) in [6, 6.07) is 13.7. The summed E-state index contributed by atoms with van der Waals surface area (Å²) in [4.78, 5) is 15.3. The molecule has 0 fully saturated rings. The molecule has 1 amide bonds. The van der Waals surface area contributed by atoms with Crippen LogP contribution in [0.2, 0.25) is 0 Å². The van der Waals surface area contributed by atoms with E-state index in [0.29, 0.717) is 12.3 Å². The van der Waals surface area contributed by atoms with Crippen molar-refractivity contribution in [2.24, 2.45) is 0 Å². The van der Waals surface area contributed by atoms with Crippen LogP contribution in [0.5, 0.6) is 11.5 Å². The predicted molar refractivity (Wildman–Crippen MR) is 97.9 cm³/mol. The molecule has 0 saturated carbocycles. The first-order valence-corrected chi connectivity index (χ1v) is 8.67. The highest BCUT2D eigenvalue weighted by Gasteiger charge is 2.13. The number of amides is 1. The van der Waals surface area contributed by atoms with Gasteiger partial charge in [-0.15, -0.1) is 11.8 Å². The Labute approximate surface area is 147 Å². The molecule has 0 aliphatic rings. The molecule has 0 N–H and O–H groups in total. The lowest BCUT2D eigenvalue weighted by molar-refractivity contribution is -0.127. The number of hydrogen-bond acceptors (Lipinski definition) is 4. The molecule has 24 heavy (non-hydrogen) atoms. The van der Waals surface area contributed by atoms with Gasteiger partial charge in [-0.1, -0.05) is 18.2 Å². The van der Waals surface area contributed by atoms with E-state index in [1.807, 2.05) is 43.4 Å². The Balaban J connectivity index is 1.98. The Kier molecular flexibility index (Phi) is 6.55. The van der Waals surface area contributed by atoms with E-state index >= 15 is 0 Å². The molecule has 2 aromatic rings. The molecule has 0 aromatic heterocycles. The molecule has 5 heteroatoms. The number of carbonyl (C=O) groups is 1. The summed E-state index contributed by atoms with van der Waals surface area (Å²) in [5, 5.41) is 0. The van der Waals surface area contributed by atoms with Crippen molar-refractivity contribution in [3.8, 4) is 11.5 Å². The van der Waals surface area contributed by atoms with E-state index in [-0.39, 0.29) is 5.91 Å². The summed E-state index contributed by atoms with van der Waals surface area (Å²) in [6.07, 6.45) is 0. The summed E-state index contributed by atoms with van der Waals surface area (Å²) < 4.78 is 10.6. The second-order valence-corrected chi connectivity index (χ2v) is 6.50. The molecule has 0 radical (unpaired) electrons. The fourth-order valence-corrected chi connectivity index (χ4v) is 3.26. The predicted octanol–water partition coefficient (Wildman–Crippen LogP) is 3.76. The van der Waals surface area contributed by atoms with Crippen LogP contribution in [-0.4, -0.2) is 37.8 Å². The molecule has 0 heterocycles. The number of carbonyl (C=O) groups excluding carboxylic acids is 1. The third-order valence-corrected chi connectivity index (χ3v) is 4.93. The van der Waals surface area contributed by atoms with Crippen LogP contribution in [0.4, 0.5) is 0 Å². The molecule has 0 spiro atoms. The zero-order chi connectivity index (χ0) is 17.5. The van der Waals surface area contributed by atoms with E-state index in [4.69, 9.17) is 9.47 Å². The monoisotopic (exact) mass is 345 g/mol. The van der Waals surface area contributed by atoms with Crippen molar-refractivity contribution in [3.63, 3.8) is 0 Å². The minimum Gasteiger partial charge on any atom is -0.497 e. The smallest absolute Gasteiger partial charge is 0.232 e. The maximum absolute atomic E-state index is 12.4. The first-order chi connectivity index (χ1) is 11.5. The van der Waals surface area contributed by atoms with Crippen LogP contribution in [-0.2, 0) is 11.3 Å². The lowest BCUT2D eigenvalue weighted by atomic mass is 10.2. The van der Waals surface area contributed by atoms with Crippen molar-refractivity contribution in [2.45, 2.75) is 18.4 Å². The Bertz CT molecular complexity index is 703. The van der Waals surface area contributed by atoms with Gasteiger partial charge in [-0.3, -0.25) is 4.79 Å². The molecule has 2 aromatic carbocycles. The Hall–Kier alpha value is -2.14. The number of ether oxygens (including phenoxy) is 2. The summed E-state index contributed by atoms with van der Waals surface area (Å²) in [7, 11) is 5.05. The molecule has 0 saturated heterocycles. The highest BCUT2D eigenvalue weighted by molar-refractivity contribution is 8.00. The highest BCUT2D eigenvalue weighted by atomic mass is 32.2. The van der Waals surface area contributed by atoms with Gasteiger partial charge in [-0.05, 0) is 30.7 Å². The van der Waals surface area contributed by atoms with Gasteiger partial charge in [0.15, 0.2) is 0 Å². The largest absolute Gasteiger partial charge is 0.497 e. The maximum Gasteiger partial charge on any atom is 0.232 e. The maximum atomic E-state index is 12.4. The van der Waals surface area contributed by atoms with Crippen molar-refractivity contribution in [3.05, 3.63) is 53.6 Å². The van der Waals surface area contributed by atoms with Crippen LogP contribution in [0.3, 0.4) is 0 Å². The Morgan fingerprint density at radius 2 is 1.88 bits per heavy atom. The number of hydrogen-bond donors (Lipinski definition) is 0. The number of aryl methyl sites for hydroxylation is 1. The minimum absolute atomic E-state index is 0.0844. The molecule has 0 unspecified atom stereocenters. The second-order valence-electron chi connectivity index (χ2n) is 5.48. The van der Waals surface area contributed by atoms with E-state index in [1.54, 1.807) is 30.9 Å². The zero-order valence-corrected chi connectivity index (χ0v) is 15.4. The quantitative estimate of drug-likeness (QED) is 0.716. The SMILES string of the molecule is COc1ccc(CN(C)C(=O)CSc2ccccc2C)c(OC)c1. The first-order valence-electron chi connectivity index (χ1n) is 7.68. The Morgan fingerprint density at radius 3 is 2.54 bits per heavy atom. The van der Waals surface area contributed by atoms with Gasteiger partial charge in [0.1, 0.15) is 11.5 Å². The highest BCUT2D eigenvalue weighted by Crippen LogP contribution is 2.26. The van der Waals surface area contributed by atoms with Crippen LogP contribution in [0, 0.1) is 6.92 Å². The lowest BCUT2D eigenvalue weighted by Crippen LogP contribution is -2.28. The third kappa shape index (κ3) is 4.68. The molecule has 0 aliphatic carbocycles. The van der Waals surface area contributed by atoms with E-state index in [2.05, 4.69) is 13.0 Å². The van der Waals surface area contributed by atoms with Crippen LogP contribution in [0.25, 0.3) is 0 Å². The van der Waals surface area contributed by atoms with E-state index < -0.39 is 0 Å². The third-order valence-electron chi connectivity index (χ3n) is 3.77. The summed E-state index contributed by atoms with van der Waals surface area (Å²) in [6.45, 7) is 2.55. The number of thioether (sulfide) groups is 1. The normalized spacial score (nSPS) is 10.3. The van der Waals surface area contributed by atoms with Crippen LogP contribution >= 0.6 is 11.8 Å². The number of nitrogens with zero attached hydrogens (tertiary/aromatic N) is 1. The molecule has 0 aliphatic heterocycles. The van der Waals surface area contributed by atoms with Crippen molar-refractivity contribution in [2.75, 3.05) is 27.0 Å². The van der Waals surface area contributed by atoms with Gasteiger partial charge < -0.3 is 14.4 Å². The first kappa shape index (κ1) is 18.2. The summed E-state index contributed by atoms with van der Waals surface area (Å²) in [5.74, 6) is 1.96. The second kappa shape index (κ2) is 8.64. The van der Waals surface area contributed by atoms with Gasteiger partial charge in [0.25, 0.3) is 0 Å². The number of rotatable bonds is 7. The number of benzene rings is 2. The molecular formula is C19H23NO3S. The molecule has 4 nitrogen and oxygen atoms in total. The summed E-state index contributed by atoms with van der Waals surface area (Å²) in [5.41, 5.74) is 2.14. The average molecular weight is 345 g/mol. The standard InChI is InChI=1S/C19H23NO3S/c1-14-7-5-6-8-18(14)24-13-19(21)20(2)12-15-9-10-16(22-3)11-17(15)23-4/h5-11H,12-13H2,1-4H3. The fourth-order valence-electron chi connectivity index (χ4n) is 2.29. The van der Waals surface area contributed by atoms with Crippen LogP contribution < -0.4 is 9.47 Å². The van der Waals surface area contributed by atoms with Crippen LogP contribution in [0.15, 0.2) is 47.4 Å². The minimum atomic E-state index is 0.0844. The van der Waals surface area contributed by atoms with Crippen molar-refractivity contribution in [1.29, 1.82) is 0 Å². The van der Waals surface area contributed by atoms with Crippen molar-refractivity contribution >= 4 is 17.7 Å². The van der Waals surface area contributed by atoms with E-state index in [1.165, 1.54) is 5.56 Å². The molecule has 0 bridgehead atoms. The topological polar surface area (TPSA) is 38.8 Å². The Morgan fingerprint density at radius 1 is 1.12 bits per heavy atom. The van der Waals surface area contributed by atoms with Gasteiger partial charge in [-0.2, -0.15) is 0 Å². The van der Waals surface area contributed by atoms with Gasteiger partial charge in [0.2, 0.25) is 5.91 Å². The lowest BCUT2D eigenvalue weighted by Gasteiger charge is -2.19. The zero-order valence-electron chi connectivity index (χ0n) is 14.5. The molecule has 2 rings (SSSR count). The molecular weight excluding hydrogens is 322 g/mol. The average Bonchev–Trinajstić information content (AvgIpc) is 2.61. The van der Waals surface area contributed by atoms with E-state index in [0.717, 1.165) is 22.0 Å². The molecule has 128 valence electrons. The number of methoxy groups -OCH3 is 2. The van der Waals surface area contributed by atoms with Gasteiger partial charge in [-0.25, -0.2) is 0 Å². The summed E-state index contributed by atoms with van der Waals surface area (Å²) >= 11 is 1.57. The van der Waals surface area contributed by atoms with Gasteiger partial charge in [0, 0.05) is 30.1 Å². The van der Waals surface area contributed by atoms with Crippen molar-refractivity contribution in [1.82, 2.24) is 4.90 Å².